The van der Waals surface area contributed by atoms with E-state index in [0.29, 0.717) is 6.04 Å². The number of hydrogen-bond donors (Lipinski definition) is 0. The van der Waals surface area contributed by atoms with Crippen LogP contribution in [0.4, 0.5) is 0 Å². The van der Waals surface area contributed by atoms with Gasteiger partial charge >= 0.3 is 0 Å². The molecule has 2 heterocycles. The molecular formula is C18H18N4. The fourth-order valence-corrected chi connectivity index (χ4v) is 2.72. The summed E-state index contributed by atoms with van der Waals surface area (Å²) < 4.78 is 1.99. The summed E-state index contributed by atoms with van der Waals surface area (Å²) in [4.78, 5) is 4.66. The molecule has 0 amide bonds. The molecular weight excluding hydrogens is 272 g/mol. The van der Waals surface area contributed by atoms with E-state index in [0.717, 1.165) is 16.9 Å². The highest BCUT2D eigenvalue weighted by Gasteiger charge is 2.20. The Balaban J connectivity index is 1.56. The van der Waals surface area contributed by atoms with Crippen LogP contribution in [0.1, 0.15) is 42.3 Å². The van der Waals surface area contributed by atoms with Gasteiger partial charge in [0.15, 0.2) is 0 Å². The number of fused-ring (bicyclic) bond motifs is 1. The van der Waals surface area contributed by atoms with Crippen molar-refractivity contribution in [3.63, 3.8) is 0 Å². The zero-order valence-corrected chi connectivity index (χ0v) is 12.6. The second kappa shape index (κ2) is 5.37. The Hall–Kier alpha value is -2.49. The highest BCUT2D eigenvalue weighted by atomic mass is 15.4. The van der Waals surface area contributed by atoms with Crippen molar-refractivity contribution in [1.29, 1.82) is 0 Å². The quantitative estimate of drug-likeness (QED) is 0.731. The van der Waals surface area contributed by atoms with Crippen molar-refractivity contribution in [2.45, 2.75) is 32.2 Å². The summed E-state index contributed by atoms with van der Waals surface area (Å²) in [6.07, 6.45) is 9.73. The largest absolute Gasteiger partial charge is 0.249 e. The fourth-order valence-electron chi connectivity index (χ4n) is 2.72. The summed E-state index contributed by atoms with van der Waals surface area (Å²) in [6.45, 7) is 2.10. The van der Waals surface area contributed by atoms with Gasteiger partial charge in [-0.2, -0.15) is 0 Å². The molecule has 1 saturated carbocycles. The van der Waals surface area contributed by atoms with Crippen molar-refractivity contribution in [3.8, 4) is 0 Å². The number of hydrogen-bond acceptors (Lipinski definition) is 3. The second-order valence-electron chi connectivity index (χ2n) is 5.97. The Morgan fingerprint density at radius 1 is 1.09 bits per heavy atom. The minimum Gasteiger partial charge on any atom is -0.249 e. The van der Waals surface area contributed by atoms with E-state index in [1.807, 2.05) is 29.1 Å². The van der Waals surface area contributed by atoms with Gasteiger partial charge in [-0.1, -0.05) is 22.9 Å². The molecule has 2 aromatic heterocycles. The average molecular weight is 290 g/mol. The van der Waals surface area contributed by atoms with E-state index in [2.05, 4.69) is 46.5 Å². The maximum absolute atomic E-state index is 4.66. The molecule has 110 valence electrons. The predicted molar refractivity (Wildman–Crippen MR) is 88.3 cm³/mol. The van der Waals surface area contributed by atoms with Crippen LogP contribution in [0.25, 0.3) is 23.1 Å². The van der Waals surface area contributed by atoms with E-state index in [1.165, 1.54) is 30.2 Å². The highest BCUT2D eigenvalue weighted by molar-refractivity contribution is 5.81. The van der Waals surface area contributed by atoms with Crippen molar-refractivity contribution in [3.05, 3.63) is 53.5 Å². The van der Waals surface area contributed by atoms with Gasteiger partial charge in [0.2, 0.25) is 0 Å². The summed E-state index contributed by atoms with van der Waals surface area (Å²) in [5.74, 6) is 0. The first-order valence-corrected chi connectivity index (χ1v) is 7.75. The van der Waals surface area contributed by atoms with Gasteiger partial charge < -0.3 is 0 Å². The lowest BCUT2D eigenvalue weighted by Crippen LogP contribution is -2.17. The molecule has 0 unspecified atom stereocenters. The molecule has 3 aromatic rings. The number of aryl methyl sites for hydroxylation is 1. The van der Waals surface area contributed by atoms with Gasteiger partial charge in [0.1, 0.15) is 5.69 Å². The van der Waals surface area contributed by atoms with Gasteiger partial charge in [0.05, 0.1) is 23.4 Å². The summed E-state index contributed by atoms with van der Waals surface area (Å²) in [6, 6.07) is 11.0. The van der Waals surface area contributed by atoms with E-state index in [1.54, 1.807) is 0 Å². The third-order valence-electron chi connectivity index (χ3n) is 4.27. The predicted octanol–water partition coefficient (Wildman–Crippen LogP) is 4.03. The molecule has 0 radical (unpaired) electrons. The van der Waals surface area contributed by atoms with E-state index >= 15 is 0 Å². The standard InChI is InChI=1S/C18H18N4/c1-13-5-10-18-14(11-13)6-7-15(19-18)8-9-16-12-22(21-20-16)17-3-2-4-17/h5-12,17H,2-4H2,1H3. The minimum atomic E-state index is 0.552. The zero-order valence-electron chi connectivity index (χ0n) is 12.6. The van der Waals surface area contributed by atoms with Crippen molar-refractivity contribution in [1.82, 2.24) is 20.0 Å². The second-order valence-corrected chi connectivity index (χ2v) is 5.97. The topological polar surface area (TPSA) is 43.6 Å². The Bertz CT molecular complexity index is 843. The van der Waals surface area contributed by atoms with E-state index in [9.17, 15) is 0 Å². The molecule has 0 spiro atoms. The molecule has 0 saturated heterocycles. The van der Waals surface area contributed by atoms with Crippen molar-refractivity contribution in [2.75, 3.05) is 0 Å². The summed E-state index contributed by atoms with van der Waals surface area (Å²) in [5.41, 5.74) is 4.10. The Morgan fingerprint density at radius 3 is 2.77 bits per heavy atom. The molecule has 1 aliphatic rings. The van der Waals surface area contributed by atoms with Crippen LogP contribution in [0.3, 0.4) is 0 Å². The zero-order chi connectivity index (χ0) is 14.9. The van der Waals surface area contributed by atoms with Crippen LogP contribution < -0.4 is 0 Å². The molecule has 1 aromatic carbocycles. The lowest BCUT2D eigenvalue weighted by Gasteiger charge is -2.24. The maximum atomic E-state index is 4.66. The summed E-state index contributed by atoms with van der Waals surface area (Å²) >= 11 is 0. The monoisotopic (exact) mass is 290 g/mol. The third kappa shape index (κ3) is 2.52. The van der Waals surface area contributed by atoms with E-state index in [-0.39, 0.29) is 0 Å². The number of nitrogens with zero attached hydrogens (tertiary/aromatic N) is 4. The number of rotatable bonds is 3. The molecule has 4 rings (SSSR count). The Morgan fingerprint density at radius 2 is 1.95 bits per heavy atom. The molecule has 0 bridgehead atoms. The van der Waals surface area contributed by atoms with Gasteiger partial charge in [-0.05, 0) is 56.5 Å². The number of benzene rings is 1. The van der Waals surface area contributed by atoms with Crippen LogP contribution >= 0.6 is 0 Å². The molecule has 1 aliphatic carbocycles. The van der Waals surface area contributed by atoms with Crippen LogP contribution in [-0.2, 0) is 0 Å². The SMILES string of the molecule is Cc1ccc2nc(C=Cc3cn(C4CCC4)nn3)ccc2c1. The van der Waals surface area contributed by atoms with Gasteiger partial charge in [-0.3, -0.25) is 0 Å². The van der Waals surface area contributed by atoms with Crippen LogP contribution in [0.15, 0.2) is 36.5 Å². The van der Waals surface area contributed by atoms with E-state index in [4.69, 9.17) is 0 Å². The Labute approximate surface area is 129 Å². The van der Waals surface area contributed by atoms with Crippen LogP contribution in [0.5, 0.6) is 0 Å². The fraction of sp³-hybridized carbons (Fsp3) is 0.278. The smallest absolute Gasteiger partial charge is 0.105 e. The molecule has 4 nitrogen and oxygen atoms in total. The first kappa shape index (κ1) is 13.2. The summed E-state index contributed by atoms with van der Waals surface area (Å²) in [5, 5.41) is 9.59. The molecule has 4 heteroatoms. The van der Waals surface area contributed by atoms with E-state index < -0.39 is 0 Å². The molecule has 0 atom stereocenters. The average Bonchev–Trinajstić information content (AvgIpc) is 2.91. The first-order valence-electron chi connectivity index (χ1n) is 7.75. The van der Waals surface area contributed by atoms with Crippen LogP contribution in [-0.4, -0.2) is 20.0 Å². The van der Waals surface area contributed by atoms with Crippen molar-refractivity contribution in [2.24, 2.45) is 0 Å². The molecule has 0 N–H and O–H groups in total. The van der Waals surface area contributed by atoms with Crippen molar-refractivity contribution < 1.29 is 0 Å². The van der Waals surface area contributed by atoms with Crippen molar-refractivity contribution >= 4 is 23.1 Å². The Kier molecular flexibility index (Phi) is 3.22. The van der Waals surface area contributed by atoms with Crippen LogP contribution in [0.2, 0.25) is 0 Å². The minimum absolute atomic E-state index is 0.552. The normalized spacial score (nSPS) is 15.5. The van der Waals surface area contributed by atoms with Gasteiger partial charge in [-0.25, -0.2) is 9.67 Å². The van der Waals surface area contributed by atoms with Gasteiger partial charge in [-0.15, -0.1) is 5.10 Å². The molecule has 1 fully saturated rings. The highest BCUT2D eigenvalue weighted by Crippen LogP contribution is 2.30. The molecule has 0 aliphatic heterocycles. The first-order chi connectivity index (χ1) is 10.8. The third-order valence-corrected chi connectivity index (χ3v) is 4.27. The number of aromatic nitrogens is 4. The van der Waals surface area contributed by atoms with Gasteiger partial charge in [0, 0.05) is 5.39 Å². The number of pyridine rings is 1. The lowest BCUT2D eigenvalue weighted by molar-refractivity contribution is 0.284. The lowest BCUT2D eigenvalue weighted by atomic mass is 9.93. The maximum Gasteiger partial charge on any atom is 0.105 e. The van der Waals surface area contributed by atoms with Gasteiger partial charge in [0.25, 0.3) is 0 Å². The van der Waals surface area contributed by atoms with Crippen LogP contribution in [0, 0.1) is 6.92 Å². The summed E-state index contributed by atoms with van der Waals surface area (Å²) in [7, 11) is 0. The molecule has 22 heavy (non-hydrogen) atoms.